The van der Waals surface area contributed by atoms with Crippen molar-refractivity contribution < 1.29 is 18.7 Å². The van der Waals surface area contributed by atoms with E-state index in [1.165, 1.54) is 25.3 Å². The Kier molecular flexibility index (Phi) is 6.98. The monoisotopic (exact) mass is 468 g/mol. The normalized spacial score (nSPS) is 10.6. The second-order valence-electron chi connectivity index (χ2n) is 6.22. The molecule has 0 aliphatic rings. The highest BCUT2D eigenvalue weighted by Gasteiger charge is 2.09. The third-order valence-electron chi connectivity index (χ3n) is 4.14. The second kappa shape index (κ2) is 9.84. The third kappa shape index (κ3) is 5.55. The van der Waals surface area contributed by atoms with Crippen LogP contribution in [0.4, 0.5) is 15.8 Å². The first-order valence-electron chi connectivity index (χ1n) is 8.95. The lowest BCUT2D eigenvalue weighted by molar-refractivity contribution is -0.111. The number of hydrogen-bond acceptors (Lipinski definition) is 3. The topological polar surface area (TPSA) is 67.4 Å². The maximum absolute atomic E-state index is 13.7. The van der Waals surface area contributed by atoms with Gasteiger partial charge in [0.05, 0.1) is 12.8 Å². The van der Waals surface area contributed by atoms with Crippen molar-refractivity contribution in [3.8, 4) is 5.75 Å². The van der Waals surface area contributed by atoms with Crippen LogP contribution in [0.15, 0.2) is 77.3 Å². The highest BCUT2D eigenvalue weighted by atomic mass is 79.9. The standard InChI is InChI=1S/C23H18BrFN2O3/c1-30-21-5-3-2-4-20(21)27-23(29)15-6-10-18(11-7-15)26-22(28)13-8-16-14-17(24)9-12-19(16)25/h2-14H,1H3,(H,26,28)(H,27,29)/b13-8+. The summed E-state index contributed by atoms with van der Waals surface area (Å²) >= 11 is 3.26. The largest absolute Gasteiger partial charge is 0.495 e. The van der Waals surface area contributed by atoms with Gasteiger partial charge in [0.15, 0.2) is 0 Å². The Morgan fingerprint density at radius 1 is 1.00 bits per heavy atom. The average molecular weight is 469 g/mol. The first-order valence-corrected chi connectivity index (χ1v) is 9.74. The zero-order chi connectivity index (χ0) is 21.5. The zero-order valence-electron chi connectivity index (χ0n) is 16.0. The van der Waals surface area contributed by atoms with E-state index in [0.717, 1.165) is 0 Å². The van der Waals surface area contributed by atoms with Crippen molar-refractivity contribution in [1.29, 1.82) is 0 Å². The van der Waals surface area contributed by atoms with E-state index in [0.29, 0.717) is 32.7 Å². The highest BCUT2D eigenvalue weighted by molar-refractivity contribution is 9.10. The Bertz CT molecular complexity index is 1100. The number of rotatable bonds is 6. The fourth-order valence-corrected chi connectivity index (χ4v) is 3.02. The fraction of sp³-hybridized carbons (Fsp3) is 0.0435. The highest BCUT2D eigenvalue weighted by Crippen LogP contribution is 2.24. The number of hydrogen-bond donors (Lipinski definition) is 2. The molecule has 0 heterocycles. The SMILES string of the molecule is COc1ccccc1NC(=O)c1ccc(NC(=O)/C=C/c2cc(Br)ccc2F)cc1. The second-order valence-corrected chi connectivity index (χ2v) is 7.14. The quantitative estimate of drug-likeness (QED) is 0.469. The first kappa shape index (κ1) is 21.3. The molecule has 0 unspecified atom stereocenters. The van der Waals surface area contributed by atoms with Gasteiger partial charge in [0.2, 0.25) is 5.91 Å². The number of nitrogens with one attached hydrogen (secondary N) is 2. The van der Waals surface area contributed by atoms with Crippen LogP contribution in [-0.4, -0.2) is 18.9 Å². The molecule has 0 aromatic heterocycles. The number of ether oxygens (including phenoxy) is 1. The van der Waals surface area contributed by atoms with Gasteiger partial charge in [0.25, 0.3) is 5.91 Å². The predicted octanol–water partition coefficient (Wildman–Crippen LogP) is 5.50. The molecule has 0 saturated carbocycles. The number of methoxy groups -OCH3 is 1. The van der Waals surface area contributed by atoms with E-state index in [-0.39, 0.29) is 5.91 Å². The van der Waals surface area contributed by atoms with Crippen LogP contribution in [0.5, 0.6) is 5.75 Å². The van der Waals surface area contributed by atoms with E-state index in [9.17, 15) is 14.0 Å². The summed E-state index contributed by atoms with van der Waals surface area (Å²) in [6.45, 7) is 0. The summed E-state index contributed by atoms with van der Waals surface area (Å²) in [6.07, 6.45) is 2.64. The van der Waals surface area contributed by atoms with Gasteiger partial charge in [0, 0.05) is 27.4 Å². The molecule has 2 amide bonds. The lowest BCUT2D eigenvalue weighted by atomic mass is 10.1. The van der Waals surface area contributed by atoms with Crippen LogP contribution in [-0.2, 0) is 4.79 Å². The maximum Gasteiger partial charge on any atom is 0.255 e. The minimum absolute atomic E-state index is 0.294. The number of para-hydroxylation sites is 2. The van der Waals surface area contributed by atoms with Crippen molar-refractivity contribution in [3.05, 3.63) is 94.2 Å². The summed E-state index contributed by atoms with van der Waals surface area (Å²) < 4.78 is 19.7. The van der Waals surface area contributed by atoms with E-state index in [2.05, 4.69) is 26.6 Å². The molecule has 5 nitrogen and oxygen atoms in total. The maximum atomic E-state index is 13.7. The van der Waals surface area contributed by atoms with Crippen LogP contribution in [0.25, 0.3) is 6.08 Å². The summed E-state index contributed by atoms with van der Waals surface area (Å²) in [6, 6.07) is 18.0. The fourth-order valence-electron chi connectivity index (χ4n) is 2.64. The van der Waals surface area contributed by atoms with E-state index in [1.807, 2.05) is 6.07 Å². The zero-order valence-corrected chi connectivity index (χ0v) is 17.6. The van der Waals surface area contributed by atoms with Crippen molar-refractivity contribution in [3.63, 3.8) is 0 Å². The summed E-state index contributed by atoms with van der Waals surface area (Å²) in [5.41, 5.74) is 1.79. The molecule has 0 aliphatic heterocycles. The summed E-state index contributed by atoms with van der Waals surface area (Å²) in [5.74, 6) is -0.584. The Morgan fingerprint density at radius 3 is 2.47 bits per heavy atom. The number of anilines is 2. The molecule has 0 bridgehead atoms. The molecule has 3 rings (SSSR count). The van der Waals surface area contributed by atoms with Gasteiger partial charge in [-0.25, -0.2) is 4.39 Å². The van der Waals surface area contributed by atoms with E-state index in [4.69, 9.17) is 4.74 Å². The minimum Gasteiger partial charge on any atom is -0.495 e. The molecule has 3 aromatic carbocycles. The number of carbonyl (C=O) groups excluding carboxylic acids is 2. The van der Waals surface area contributed by atoms with Crippen molar-refractivity contribution in [2.75, 3.05) is 17.7 Å². The van der Waals surface area contributed by atoms with Gasteiger partial charge >= 0.3 is 0 Å². The number of amides is 2. The van der Waals surface area contributed by atoms with Gasteiger partial charge < -0.3 is 15.4 Å². The number of carbonyl (C=O) groups is 2. The molecule has 3 aromatic rings. The molecule has 0 atom stereocenters. The Morgan fingerprint density at radius 2 is 1.73 bits per heavy atom. The van der Waals surface area contributed by atoms with Gasteiger partial charge in [-0.3, -0.25) is 9.59 Å². The lowest BCUT2D eigenvalue weighted by Crippen LogP contribution is -2.13. The Hall–Kier alpha value is -3.45. The van der Waals surface area contributed by atoms with Crippen LogP contribution < -0.4 is 15.4 Å². The molecular weight excluding hydrogens is 451 g/mol. The molecule has 0 radical (unpaired) electrons. The van der Waals surface area contributed by atoms with Crippen LogP contribution in [0.2, 0.25) is 0 Å². The summed E-state index contributed by atoms with van der Waals surface area (Å²) in [7, 11) is 1.53. The molecule has 30 heavy (non-hydrogen) atoms. The molecule has 152 valence electrons. The smallest absolute Gasteiger partial charge is 0.255 e. The molecule has 0 aliphatic carbocycles. The van der Waals surface area contributed by atoms with Crippen LogP contribution >= 0.6 is 15.9 Å². The molecule has 0 saturated heterocycles. The van der Waals surface area contributed by atoms with Gasteiger partial charge in [-0.15, -0.1) is 0 Å². The van der Waals surface area contributed by atoms with Gasteiger partial charge in [-0.05, 0) is 60.7 Å². The van der Waals surface area contributed by atoms with E-state index < -0.39 is 11.7 Å². The molecule has 2 N–H and O–H groups in total. The lowest BCUT2D eigenvalue weighted by Gasteiger charge is -2.10. The molecular formula is C23H18BrFN2O3. The molecule has 0 fully saturated rings. The van der Waals surface area contributed by atoms with E-state index in [1.54, 1.807) is 54.6 Å². The molecule has 7 heteroatoms. The van der Waals surface area contributed by atoms with Crippen molar-refractivity contribution in [2.24, 2.45) is 0 Å². The predicted molar refractivity (Wildman–Crippen MR) is 119 cm³/mol. The molecule has 0 spiro atoms. The Labute approximate surface area is 181 Å². The minimum atomic E-state index is -0.423. The van der Waals surface area contributed by atoms with Gasteiger partial charge in [-0.1, -0.05) is 28.1 Å². The van der Waals surface area contributed by atoms with Gasteiger partial charge in [-0.2, -0.15) is 0 Å². The van der Waals surface area contributed by atoms with Gasteiger partial charge in [0.1, 0.15) is 11.6 Å². The van der Waals surface area contributed by atoms with Crippen molar-refractivity contribution in [2.45, 2.75) is 0 Å². The van der Waals surface area contributed by atoms with Crippen LogP contribution in [0.3, 0.4) is 0 Å². The average Bonchev–Trinajstić information content (AvgIpc) is 2.75. The Balaban J connectivity index is 1.62. The summed E-state index contributed by atoms with van der Waals surface area (Å²) in [5, 5.41) is 5.45. The number of benzene rings is 3. The first-order chi connectivity index (χ1) is 14.5. The van der Waals surface area contributed by atoms with Crippen molar-refractivity contribution in [1.82, 2.24) is 0 Å². The van der Waals surface area contributed by atoms with E-state index >= 15 is 0 Å². The van der Waals surface area contributed by atoms with Crippen molar-refractivity contribution >= 4 is 45.2 Å². The third-order valence-corrected chi connectivity index (χ3v) is 4.64. The number of halogens is 2. The summed E-state index contributed by atoms with van der Waals surface area (Å²) in [4.78, 5) is 24.5. The van der Waals surface area contributed by atoms with Crippen LogP contribution in [0, 0.1) is 5.82 Å². The van der Waals surface area contributed by atoms with Crippen LogP contribution in [0.1, 0.15) is 15.9 Å².